The SMILES string of the molecule is CN(Cc1ccc2c(c1)OCCO2)C(=O)CCCNc1ccc([N+](=O)[O-])cc1. The molecule has 0 unspecified atom stereocenters. The van der Waals surface area contributed by atoms with Gasteiger partial charge >= 0.3 is 0 Å². The third kappa shape index (κ3) is 5.12. The number of amides is 1. The van der Waals surface area contributed by atoms with Crippen LogP contribution in [-0.4, -0.2) is 42.5 Å². The number of nitro benzene ring substituents is 1. The Morgan fingerprint density at radius 3 is 2.57 bits per heavy atom. The van der Waals surface area contributed by atoms with E-state index in [9.17, 15) is 14.9 Å². The van der Waals surface area contributed by atoms with Crippen LogP contribution in [0.4, 0.5) is 11.4 Å². The highest BCUT2D eigenvalue weighted by atomic mass is 16.6. The van der Waals surface area contributed by atoms with Gasteiger partial charge in [0.15, 0.2) is 11.5 Å². The summed E-state index contributed by atoms with van der Waals surface area (Å²) in [6.45, 7) is 2.21. The topological polar surface area (TPSA) is 93.9 Å². The van der Waals surface area contributed by atoms with Gasteiger partial charge in [0, 0.05) is 44.4 Å². The van der Waals surface area contributed by atoms with Gasteiger partial charge in [-0.05, 0) is 36.2 Å². The van der Waals surface area contributed by atoms with Crippen LogP contribution in [0.3, 0.4) is 0 Å². The molecule has 0 saturated carbocycles. The average Bonchev–Trinajstić information content (AvgIpc) is 2.71. The van der Waals surface area contributed by atoms with Crippen molar-refractivity contribution in [2.45, 2.75) is 19.4 Å². The molecule has 0 radical (unpaired) electrons. The lowest BCUT2D eigenvalue weighted by Crippen LogP contribution is -2.26. The summed E-state index contributed by atoms with van der Waals surface area (Å²) in [5.74, 6) is 1.51. The molecule has 28 heavy (non-hydrogen) atoms. The monoisotopic (exact) mass is 385 g/mol. The number of nitrogens with zero attached hydrogens (tertiary/aromatic N) is 2. The van der Waals surface area contributed by atoms with E-state index in [-0.39, 0.29) is 11.6 Å². The number of carbonyl (C=O) groups excluding carboxylic acids is 1. The summed E-state index contributed by atoms with van der Waals surface area (Å²) in [5, 5.41) is 13.8. The fourth-order valence-corrected chi connectivity index (χ4v) is 2.91. The van der Waals surface area contributed by atoms with Crippen LogP contribution < -0.4 is 14.8 Å². The number of anilines is 1. The molecule has 0 aliphatic carbocycles. The summed E-state index contributed by atoms with van der Waals surface area (Å²) in [4.78, 5) is 24.2. The first-order valence-corrected chi connectivity index (χ1v) is 9.14. The molecule has 0 spiro atoms. The summed E-state index contributed by atoms with van der Waals surface area (Å²) in [6, 6.07) is 11.9. The zero-order valence-electron chi connectivity index (χ0n) is 15.7. The molecule has 3 rings (SSSR count). The minimum Gasteiger partial charge on any atom is -0.486 e. The summed E-state index contributed by atoms with van der Waals surface area (Å²) in [7, 11) is 1.78. The van der Waals surface area contributed by atoms with Gasteiger partial charge in [-0.3, -0.25) is 14.9 Å². The van der Waals surface area contributed by atoms with Gasteiger partial charge in [-0.25, -0.2) is 0 Å². The molecule has 148 valence electrons. The molecule has 0 atom stereocenters. The number of rotatable bonds is 8. The molecule has 2 aromatic carbocycles. The van der Waals surface area contributed by atoms with Crippen molar-refractivity contribution >= 4 is 17.3 Å². The molecule has 8 nitrogen and oxygen atoms in total. The van der Waals surface area contributed by atoms with Crippen LogP contribution >= 0.6 is 0 Å². The van der Waals surface area contributed by atoms with E-state index in [2.05, 4.69) is 5.32 Å². The van der Waals surface area contributed by atoms with Crippen molar-refractivity contribution in [1.82, 2.24) is 4.90 Å². The highest BCUT2D eigenvalue weighted by Crippen LogP contribution is 2.31. The van der Waals surface area contributed by atoms with E-state index < -0.39 is 4.92 Å². The predicted molar refractivity (Wildman–Crippen MR) is 105 cm³/mol. The molecular formula is C20H23N3O5. The van der Waals surface area contributed by atoms with Gasteiger partial charge in [-0.2, -0.15) is 0 Å². The number of nitro groups is 1. The largest absolute Gasteiger partial charge is 0.486 e. The second-order valence-electron chi connectivity index (χ2n) is 6.56. The normalized spacial score (nSPS) is 12.3. The third-order valence-corrected chi connectivity index (χ3v) is 4.43. The van der Waals surface area contributed by atoms with Gasteiger partial charge in [0.2, 0.25) is 5.91 Å². The van der Waals surface area contributed by atoms with Gasteiger partial charge < -0.3 is 19.7 Å². The Bertz CT molecular complexity index is 838. The Labute approximate surface area is 163 Å². The minimum atomic E-state index is -0.431. The van der Waals surface area contributed by atoms with Crippen molar-refractivity contribution in [3.05, 3.63) is 58.1 Å². The van der Waals surface area contributed by atoms with Gasteiger partial charge in [0.25, 0.3) is 5.69 Å². The fraction of sp³-hybridized carbons (Fsp3) is 0.350. The zero-order valence-corrected chi connectivity index (χ0v) is 15.7. The number of carbonyl (C=O) groups is 1. The Balaban J connectivity index is 1.41. The molecule has 1 heterocycles. The van der Waals surface area contributed by atoms with Gasteiger partial charge in [-0.15, -0.1) is 0 Å². The van der Waals surface area contributed by atoms with E-state index in [1.807, 2.05) is 18.2 Å². The van der Waals surface area contributed by atoms with Crippen LogP contribution in [0, 0.1) is 10.1 Å². The molecule has 0 aromatic heterocycles. The van der Waals surface area contributed by atoms with Crippen LogP contribution in [0.5, 0.6) is 11.5 Å². The third-order valence-electron chi connectivity index (χ3n) is 4.43. The predicted octanol–water partition coefficient (Wildman–Crippen LogP) is 3.22. The molecular weight excluding hydrogens is 362 g/mol. The maximum absolute atomic E-state index is 12.3. The molecule has 1 amide bonds. The van der Waals surface area contributed by atoms with Crippen LogP contribution in [-0.2, 0) is 11.3 Å². The van der Waals surface area contributed by atoms with Crippen LogP contribution in [0.15, 0.2) is 42.5 Å². The molecule has 1 aliphatic rings. The minimum absolute atomic E-state index is 0.0559. The lowest BCUT2D eigenvalue weighted by molar-refractivity contribution is -0.384. The number of fused-ring (bicyclic) bond motifs is 1. The van der Waals surface area contributed by atoms with Crippen LogP contribution in [0.25, 0.3) is 0 Å². The molecule has 8 heteroatoms. The standard InChI is InChI=1S/C20H23N3O5/c1-22(14-15-4-9-18-19(13-15)28-12-11-27-18)20(24)3-2-10-21-16-5-7-17(8-6-16)23(25)26/h4-9,13,21H,2-3,10-12,14H2,1H3. The van der Waals surface area contributed by atoms with E-state index in [1.165, 1.54) is 12.1 Å². The van der Waals surface area contributed by atoms with E-state index >= 15 is 0 Å². The highest BCUT2D eigenvalue weighted by molar-refractivity contribution is 5.75. The molecule has 0 bridgehead atoms. The van der Waals surface area contributed by atoms with E-state index in [4.69, 9.17) is 9.47 Å². The second kappa shape index (κ2) is 9.07. The number of non-ortho nitro benzene ring substituents is 1. The number of benzene rings is 2. The number of nitrogens with one attached hydrogen (secondary N) is 1. The van der Waals surface area contributed by atoms with E-state index in [0.717, 1.165) is 22.7 Å². The second-order valence-corrected chi connectivity index (χ2v) is 6.56. The first-order chi connectivity index (χ1) is 13.5. The first-order valence-electron chi connectivity index (χ1n) is 9.14. The molecule has 2 aromatic rings. The number of hydrogen-bond acceptors (Lipinski definition) is 6. The van der Waals surface area contributed by atoms with Crippen molar-refractivity contribution < 1.29 is 19.2 Å². The number of hydrogen-bond donors (Lipinski definition) is 1. The van der Waals surface area contributed by atoms with Crippen molar-refractivity contribution in [2.24, 2.45) is 0 Å². The fourth-order valence-electron chi connectivity index (χ4n) is 2.91. The van der Waals surface area contributed by atoms with Crippen molar-refractivity contribution in [1.29, 1.82) is 0 Å². The van der Waals surface area contributed by atoms with Crippen molar-refractivity contribution in [3.63, 3.8) is 0 Å². The maximum Gasteiger partial charge on any atom is 0.269 e. The van der Waals surface area contributed by atoms with E-state index in [0.29, 0.717) is 39.1 Å². The molecule has 1 N–H and O–H groups in total. The molecule has 1 aliphatic heterocycles. The molecule has 0 saturated heterocycles. The zero-order chi connectivity index (χ0) is 19.9. The van der Waals surface area contributed by atoms with Gasteiger partial charge in [0.1, 0.15) is 13.2 Å². The van der Waals surface area contributed by atoms with Crippen molar-refractivity contribution in [2.75, 3.05) is 32.1 Å². The summed E-state index contributed by atoms with van der Waals surface area (Å²) < 4.78 is 11.1. The summed E-state index contributed by atoms with van der Waals surface area (Å²) >= 11 is 0. The quantitative estimate of drug-likeness (QED) is 0.426. The van der Waals surface area contributed by atoms with Crippen LogP contribution in [0.1, 0.15) is 18.4 Å². The highest BCUT2D eigenvalue weighted by Gasteiger charge is 2.14. The Morgan fingerprint density at radius 2 is 1.86 bits per heavy atom. The maximum atomic E-state index is 12.3. The average molecular weight is 385 g/mol. The van der Waals surface area contributed by atoms with Gasteiger partial charge in [0.05, 0.1) is 4.92 Å². The molecule has 0 fully saturated rings. The summed E-state index contributed by atoms with van der Waals surface area (Å²) in [5.41, 5.74) is 1.84. The smallest absolute Gasteiger partial charge is 0.269 e. The van der Waals surface area contributed by atoms with Crippen LogP contribution in [0.2, 0.25) is 0 Å². The summed E-state index contributed by atoms with van der Waals surface area (Å²) in [6.07, 6.45) is 1.09. The first kappa shape index (κ1) is 19.5. The Kier molecular flexibility index (Phi) is 6.31. The van der Waals surface area contributed by atoms with Gasteiger partial charge in [-0.1, -0.05) is 6.07 Å². The number of ether oxygens (including phenoxy) is 2. The Morgan fingerprint density at radius 1 is 1.14 bits per heavy atom. The lowest BCUT2D eigenvalue weighted by Gasteiger charge is -2.21. The lowest BCUT2D eigenvalue weighted by atomic mass is 10.1. The van der Waals surface area contributed by atoms with E-state index in [1.54, 1.807) is 24.1 Å². The van der Waals surface area contributed by atoms with Crippen molar-refractivity contribution in [3.8, 4) is 11.5 Å². The Hall–Kier alpha value is -3.29.